The van der Waals surface area contributed by atoms with E-state index in [4.69, 9.17) is 29.2 Å². The number of carboxylic acid groups (broad SMARTS) is 2. The molecule has 0 amide bonds. The number of benzene rings is 1. The number of alkyl halides is 6. The van der Waals surface area contributed by atoms with E-state index in [-0.39, 0.29) is 5.54 Å². The van der Waals surface area contributed by atoms with Gasteiger partial charge in [-0.25, -0.2) is 14.6 Å². The van der Waals surface area contributed by atoms with E-state index in [1.165, 1.54) is 22.6 Å². The van der Waals surface area contributed by atoms with Crippen molar-refractivity contribution < 1.29 is 50.6 Å². The monoisotopic (exact) mass is 576 g/mol. The van der Waals surface area contributed by atoms with E-state index in [2.05, 4.69) is 57.4 Å². The van der Waals surface area contributed by atoms with Gasteiger partial charge in [-0.2, -0.15) is 26.3 Å². The normalized spacial score (nSPS) is 16.6. The molecule has 0 bridgehead atoms. The number of imidazole rings is 1. The summed E-state index contributed by atoms with van der Waals surface area (Å²) < 4.78 is 71.1. The van der Waals surface area contributed by atoms with Gasteiger partial charge in [-0.15, -0.1) is 0 Å². The molecule has 5 rings (SSSR count). The third-order valence-electron chi connectivity index (χ3n) is 6.33. The number of hydrogen-bond donors (Lipinski definition) is 3. The maximum absolute atomic E-state index is 10.6. The number of nitrogens with zero attached hydrogens (tertiary/aromatic N) is 3. The summed E-state index contributed by atoms with van der Waals surface area (Å²) in [5, 5.41) is 18.1. The maximum Gasteiger partial charge on any atom is 0.490 e. The summed E-state index contributed by atoms with van der Waals surface area (Å²) >= 11 is 0. The Labute approximate surface area is 224 Å². The fourth-order valence-electron chi connectivity index (χ4n) is 4.44. The molecule has 0 radical (unpaired) electrons. The Bertz CT molecular complexity index is 1230. The fraction of sp³-hybridized carbons (Fsp3) is 0.400. The lowest BCUT2D eigenvalue weighted by Gasteiger charge is -2.44. The zero-order valence-electron chi connectivity index (χ0n) is 20.9. The van der Waals surface area contributed by atoms with Crippen molar-refractivity contribution in [1.29, 1.82) is 0 Å². The maximum atomic E-state index is 10.6. The number of carbonyl (C=O) groups is 2. The van der Waals surface area contributed by atoms with Crippen molar-refractivity contribution in [2.75, 3.05) is 19.6 Å². The van der Waals surface area contributed by atoms with Crippen LogP contribution in [0.25, 0.3) is 11.3 Å². The van der Waals surface area contributed by atoms with Gasteiger partial charge in [-0.3, -0.25) is 4.90 Å². The summed E-state index contributed by atoms with van der Waals surface area (Å²) in [6, 6.07) is 12.7. The molecule has 2 aromatic heterocycles. The van der Waals surface area contributed by atoms with E-state index in [0.29, 0.717) is 0 Å². The summed E-state index contributed by atoms with van der Waals surface area (Å²) in [6.07, 6.45) is -2.32. The zero-order valence-corrected chi connectivity index (χ0v) is 20.9. The smallest absolute Gasteiger partial charge is 0.475 e. The number of fused-ring (bicyclic) bond motifs is 2. The third kappa shape index (κ3) is 7.85. The molecule has 3 aromatic rings. The lowest BCUT2D eigenvalue weighted by atomic mass is 9.85. The molecule has 9 nitrogen and oxygen atoms in total. The van der Waals surface area contributed by atoms with Gasteiger partial charge in [0.25, 0.3) is 0 Å². The van der Waals surface area contributed by atoms with Crippen molar-refractivity contribution in [2.45, 2.75) is 43.8 Å². The minimum atomic E-state index is -5.08. The topological polar surface area (TPSA) is 121 Å². The Hall–Kier alpha value is -3.85. The summed E-state index contributed by atoms with van der Waals surface area (Å²) in [7, 11) is 0. The Kier molecular flexibility index (Phi) is 9.63. The molecular formula is C25H26F6N4O5. The number of halogens is 6. The highest BCUT2D eigenvalue weighted by Crippen LogP contribution is 2.37. The Morgan fingerprint density at radius 3 is 2.02 bits per heavy atom. The van der Waals surface area contributed by atoms with Gasteiger partial charge in [0, 0.05) is 38.3 Å². The molecule has 1 fully saturated rings. The van der Waals surface area contributed by atoms with Crippen LogP contribution in [0.3, 0.4) is 0 Å². The molecule has 2 aliphatic heterocycles. The minimum Gasteiger partial charge on any atom is -0.475 e. The molecule has 0 aliphatic carbocycles. The first-order valence-electron chi connectivity index (χ1n) is 11.9. The number of aliphatic carboxylic acids is 2. The van der Waals surface area contributed by atoms with Crippen molar-refractivity contribution >= 4 is 11.9 Å². The van der Waals surface area contributed by atoms with E-state index >= 15 is 0 Å². The number of nitrogens with one attached hydrogen (secondary N) is 1. The predicted octanol–water partition coefficient (Wildman–Crippen LogP) is 4.50. The van der Waals surface area contributed by atoms with E-state index in [9.17, 15) is 26.3 Å². The van der Waals surface area contributed by atoms with Crippen LogP contribution in [0.5, 0.6) is 0 Å². The second kappa shape index (κ2) is 12.6. The predicted molar refractivity (Wildman–Crippen MR) is 128 cm³/mol. The molecule has 1 spiro atoms. The Morgan fingerprint density at radius 2 is 1.52 bits per heavy atom. The molecule has 3 N–H and O–H groups in total. The van der Waals surface area contributed by atoms with E-state index < -0.39 is 24.3 Å². The largest absolute Gasteiger partial charge is 0.490 e. The van der Waals surface area contributed by atoms with Gasteiger partial charge < -0.3 is 24.5 Å². The average molecular weight is 576 g/mol. The Morgan fingerprint density at radius 1 is 0.950 bits per heavy atom. The SMILES string of the molecule is O=C(O)C(F)(F)F.O=C(O)C(F)(F)F.c1ccc(-c2cnc3n2CCNC32CCN(Cc3ccoc3)CC2)cc1. The number of hydrogen-bond acceptors (Lipinski definition) is 6. The second-order valence-electron chi connectivity index (χ2n) is 9.01. The van der Waals surface area contributed by atoms with Crippen molar-refractivity contribution in [2.24, 2.45) is 0 Å². The van der Waals surface area contributed by atoms with Gasteiger partial charge in [0.1, 0.15) is 5.82 Å². The molecular weight excluding hydrogens is 550 g/mol. The molecule has 4 heterocycles. The summed E-state index contributed by atoms with van der Waals surface area (Å²) in [4.78, 5) is 25.2. The fourth-order valence-corrected chi connectivity index (χ4v) is 4.44. The first-order chi connectivity index (χ1) is 18.7. The summed E-state index contributed by atoms with van der Waals surface area (Å²) in [5.74, 6) is -4.30. The van der Waals surface area contributed by atoms with Gasteiger partial charge >= 0.3 is 24.3 Å². The highest BCUT2D eigenvalue weighted by molar-refractivity contribution is 5.73. The van der Waals surface area contributed by atoms with E-state index in [0.717, 1.165) is 45.6 Å². The van der Waals surface area contributed by atoms with Gasteiger partial charge in [0.05, 0.1) is 30.0 Å². The Balaban J connectivity index is 0.000000263. The standard InChI is InChI=1S/C21H24N4O.2C2HF3O2/c1-2-4-18(5-3-1)19-14-22-20-21(23-9-12-25(19)20)7-10-24(11-8-21)15-17-6-13-26-16-17;2*3-2(4,5)1(6)7/h1-6,13-14,16,23H,7-12,15H2;2*(H,6,7). The molecule has 0 unspecified atom stereocenters. The lowest BCUT2D eigenvalue weighted by Crippen LogP contribution is -2.55. The first kappa shape index (κ1) is 30.7. The molecule has 15 heteroatoms. The van der Waals surface area contributed by atoms with Gasteiger partial charge in [-0.05, 0) is 24.5 Å². The van der Waals surface area contributed by atoms with Crippen molar-refractivity contribution in [3.8, 4) is 11.3 Å². The minimum absolute atomic E-state index is 0.0121. The van der Waals surface area contributed by atoms with Crippen LogP contribution in [0.2, 0.25) is 0 Å². The number of piperidine rings is 1. The van der Waals surface area contributed by atoms with Crippen LogP contribution < -0.4 is 5.32 Å². The number of aromatic nitrogens is 2. The molecule has 218 valence electrons. The van der Waals surface area contributed by atoms with Crippen molar-refractivity contribution in [1.82, 2.24) is 19.8 Å². The van der Waals surface area contributed by atoms with Crippen LogP contribution in [0.1, 0.15) is 24.2 Å². The zero-order chi connectivity index (χ0) is 29.6. The van der Waals surface area contributed by atoms with Gasteiger partial charge in [-0.1, -0.05) is 30.3 Å². The van der Waals surface area contributed by atoms with Gasteiger partial charge in [0.15, 0.2) is 0 Å². The summed E-state index contributed by atoms with van der Waals surface area (Å²) in [6.45, 7) is 5.11. The van der Waals surface area contributed by atoms with Gasteiger partial charge in [0.2, 0.25) is 0 Å². The number of rotatable bonds is 3. The third-order valence-corrected chi connectivity index (χ3v) is 6.33. The highest BCUT2D eigenvalue weighted by Gasteiger charge is 2.42. The van der Waals surface area contributed by atoms with Crippen LogP contribution in [0, 0.1) is 0 Å². The highest BCUT2D eigenvalue weighted by atomic mass is 19.4. The second-order valence-corrected chi connectivity index (χ2v) is 9.01. The lowest BCUT2D eigenvalue weighted by molar-refractivity contribution is -0.193. The molecule has 1 saturated heterocycles. The molecule has 0 saturated carbocycles. The van der Waals surface area contributed by atoms with Crippen molar-refractivity contribution in [3.63, 3.8) is 0 Å². The first-order valence-corrected chi connectivity index (χ1v) is 11.9. The molecule has 40 heavy (non-hydrogen) atoms. The van der Waals surface area contributed by atoms with E-state index in [1.54, 1.807) is 6.26 Å². The van der Waals surface area contributed by atoms with Crippen molar-refractivity contribution in [3.05, 3.63) is 66.5 Å². The van der Waals surface area contributed by atoms with E-state index in [1.807, 2.05) is 6.26 Å². The molecule has 1 aromatic carbocycles. The average Bonchev–Trinajstić information content (AvgIpc) is 3.57. The number of likely N-dealkylation sites (tertiary alicyclic amines) is 1. The van der Waals surface area contributed by atoms with Crippen LogP contribution >= 0.6 is 0 Å². The van der Waals surface area contributed by atoms with Crippen LogP contribution in [0.4, 0.5) is 26.3 Å². The number of furan rings is 1. The number of carboxylic acids is 2. The van der Waals surface area contributed by atoms with Crippen LogP contribution in [0.15, 0.2) is 59.5 Å². The van der Waals surface area contributed by atoms with Crippen LogP contribution in [-0.4, -0.2) is 68.6 Å². The molecule has 2 aliphatic rings. The van der Waals surface area contributed by atoms with Crippen LogP contribution in [-0.2, 0) is 28.2 Å². The quantitative estimate of drug-likeness (QED) is 0.390. The molecule has 0 atom stereocenters. The summed E-state index contributed by atoms with van der Waals surface area (Å²) in [5.41, 5.74) is 3.76.